The quantitative estimate of drug-likeness (QED) is 0.417. The molecule has 0 spiro atoms. The van der Waals surface area contributed by atoms with Crippen LogP contribution in [0.4, 0.5) is 0 Å². The van der Waals surface area contributed by atoms with E-state index in [-0.39, 0.29) is 34.2 Å². The normalized spacial score (nSPS) is 13.9. The maximum absolute atomic E-state index is 12.9. The number of ketones is 2. The number of rotatable bonds is 4. The van der Waals surface area contributed by atoms with Gasteiger partial charge in [0, 0.05) is 21.7 Å². The van der Waals surface area contributed by atoms with Crippen molar-refractivity contribution in [2.75, 3.05) is 0 Å². The summed E-state index contributed by atoms with van der Waals surface area (Å²) in [5.74, 6) is -2.09. The van der Waals surface area contributed by atoms with Crippen molar-refractivity contribution in [3.63, 3.8) is 0 Å². The molecule has 3 N–H and O–H groups in total. The molecule has 0 saturated heterocycles. The molecule has 6 heteroatoms. The van der Waals surface area contributed by atoms with E-state index in [4.69, 9.17) is 11.6 Å². The number of phenols is 2. The lowest BCUT2D eigenvalue weighted by molar-refractivity contribution is 0.0973. The molecule has 0 saturated carbocycles. The molecule has 0 amide bonds. The van der Waals surface area contributed by atoms with E-state index in [1.54, 1.807) is 36.4 Å². The van der Waals surface area contributed by atoms with Gasteiger partial charge in [0.1, 0.15) is 11.5 Å². The number of fused-ring (bicyclic) bond motifs is 2. The second kappa shape index (κ2) is 7.78. The van der Waals surface area contributed by atoms with Crippen molar-refractivity contribution in [2.45, 2.75) is 12.5 Å². The summed E-state index contributed by atoms with van der Waals surface area (Å²) in [6.45, 7) is 0. The van der Waals surface area contributed by atoms with E-state index in [1.807, 2.05) is 12.1 Å². The molecule has 0 heterocycles. The van der Waals surface area contributed by atoms with Gasteiger partial charge in [0.05, 0.1) is 17.2 Å². The molecule has 0 fully saturated rings. The molecule has 150 valence electrons. The summed E-state index contributed by atoms with van der Waals surface area (Å²) in [6.07, 6.45) is 2.28. The van der Waals surface area contributed by atoms with Crippen LogP contribution in [0.3, 0.4) is 0 Å². The van der Waals surface area contributed by atoms with Crippen LogP contribution in [-0.4, -0.2) is 26.9 Å². The highest BCUT2D eigenvalue weighted by Crippen LogP contribution is 2.42. The van der Waals surface area contributed by atoms with E-state index in [1.165, 1.54) is 12.1 Å². The van der Waals surface area contributed by atoms with Crippen LogP contribution < -0.4 is 0 Å². The van der Waals surface area contributed by atoms with Crippen LogP contribution in [0, 0.1) is 0 Å². The number of aliphatic hydroxyl groups is 1. The Labute approximate surface area is 177 Å². The largest absolute Gasteiger partial charge is 0.507 e. The average Bonchev–Trinajstić information content (AvgIpc) is 2.74. The van der Waals surface area contributed by atoms with Gasteiger partial charge in [0.2, 0.25) is 0 Å². The molecule has 5 nitrogen and oxygen atoms in total. The van der Waals surface area contributed by atoms with E-state index in [9.17, 15) is 24.9 Å². The van der Waals surface area contributed by atoms with Crippen molar-refractivity contribution in [1.82, 2.24) is 0 Å². The maximum atomic E-state index is 12.9. The van der Waals surface area contributed by atoms with Crippen molar-refractivity contribution in [3.8, 4) is 11.5 Å². The molecule has 0 aromatic heterocycles. The minimum atomic E-state index is -1.21. The lowest BCUT2D eigenvalue weighted by Crippen LogP contribution is -2.22. The second-order valence-corrected chi connectivity index (χ2v) is 7.37. The Morgan fingerprint density at radius 1 is 0.900 bits per heavy atom. The topological polar surface area (TPSA) is 94.8 Å². The predicted molar refractivity (Wildman–Crippen MR) is 113 cm³/mol. The molecule has 0 radical (unpaired) electrons. The molecule has 1 aliphatic carbocycles. The standard InChI is InChI=1S/C24H17ClO5/c25-17-10-4-1-6-13(17)7-5-11-18(26)16-12-19(27)20-21(24(16)30)23(29)15-9-3-2-8-14(15)22(20)28/h1-10,12,18,26-27,30H,11H2/b7-5+. The molecule has 3 aromatic rings. The Hall–Kier alpha value is -3.41. The van der Waals surface area contributed by atoms with Crippen molar-refractivity contribution in [1.29, 1.82) is 0 Å². The monoisotopic (exact) mass is 420 g/mol. The lowest BCUT2D eigenvalue weighted by atomic mass is 9.81. The highest BCUT2D eigenvalue weighted by atomic mass is 35.5. The van der Waals surface area contributed by atoms with Gasteiger partial charge in [-0.3, -0.25) is 9.59 Å². The molecule has 30 heavy (non-hydrogen) atoms. The first-order valence-corrected chi connectivity index (χ1v) is 9.64. The number of aliphatic hydroxyl groups excluding tert-OH is 1. The zero-order valence-electron chi connectivity index (χ0n) is 15.7. The average molecular weight is 421 g/mol. The summed E-state index contributed by atoms with van der Waals surface area (Å²) >= 11 is 6.10. The van der Waals surface area contributed by atoms with E-state index < -0.39 is 29.2 Å². The maximum Gasteiger partial charge on any atom is 0.198 e. The van der Waals surface area contributed by atoms with Crippen LogP contribution >= 0.6 is 11.6 Å². The van der Waals surface area contributed by atoms with Gasteiger partial charge in [0.25, 0.3) is 0 Å². The number of halogens is 1. The third-order valence-corrected chi connectivity index (χ3v) is 5.44. The highest BCUT2D eigenvalue weighted by Gasteiger charge is 2.36. The van der Waals surface area contributed by atoms with Gasteiger partial charge in [-0.2, -0.15) is 0 Å². The molecule has 1 aliphatic rings. The highest BCUT2D eigenvalue weighted by molar-refractivity contribution is 6.32. The summed E-state index contributed by atoms with van der Waals surface area (Å²) < 4.78 is 0. The first kappa shape index (κ1) is 19.9. The minimum Gasteiger partial charge on any atom is -0.507 e. The van der Waals surface area contributed by atoms with Gasteiger partial charge >= 0.3 is 0 Å². The van der Waals surface area contributed by atoms with Crippen molar-refractivity contribution in [3.05, 3.63) is 99.1 Å². The number of carbonyl (C=O) groups is 2. The van der Waals surface area contributed by atoms with Crippen LogP contribution in [0.1, 0.15) is 55.5 Å². The summed E-state index contributed by atoms with van der Waals surface area (Å²) in [7, 11) is 0. The Kier molecular flexibility index (Phi) is 5.16. The van der Waals surface area contributed by atoms with Crippen molar-refractivity contribution >= 4 is 29.2 Å². The molecular formula is C24H17ClO5. The van der Waals surface area contributed by atoms with Gasteiger partial charge in [-0.15, -0.1) is 0 Å². The summed E-state index contributed by atoms with van der Waals surface area (Å²) in [5.41, 5.74) is 0.508. The van der Waals surface area contributed by atoms with E-state index in [2.05, 4.69) is 0 Å². The number of hydrogen-bond acceptors (Lipinski definition) is 5. The zero-order valence-corrected chi connectivity index (χ0v) is 16.4. The van der Waals surface area contributed by atoms with Gasteiger partial charge in [0.15, 0.2) is 11.6 Å². The van der Waals surface area contributed by atoms with E-state index >= 15 is 0 Å². The zero-order chi connectivity index (χ0) is 21.4. The van der Waals surface area contributed by atoms with Crippen LogP contribution in [0.25, 0.3) is 6.08 Å². The number of benzene rings is 3. The number of hydrogen-bond donors (Lipinski definition) is 3. The minimum absolute atomic E-state index is 0.0319. The molecule has 3 aromatic carbocycles. The summed E-state index contributed by atoms with van der Waals surface area (Å²) in [5, 5.41) is 32.3. The molecule has 0 aliphatic heterocycles. The number of aromatic hydroxyl groups is 2. The molecular weight excluding hydrogens is 404 g/mol. The summed E-state index contributed by atoms with van der Waals surface area (Å²) in [4.78, 5) is 25.7. The second-order valence-electron chi connectivity index (χ2n) is 6.96. The Morgan fingerprint density at radius 2 is 1.50 bits per heavy atom. The van der Waals surface area contributed by atoms with Crippen LogP contribution in [-0.2, 0) is 0 Å². The third-order valence-electron chi connectivity index (χ3n) is 5.10. The smallest absolute Gasteiger partial charge is 0.198 e. The first-order chi connectivity index (χ1) is 14.4. The molecule has 1 atom stereocenters. The van der Waals surface area contributed by atoms with Crippen molar-refractivity contribution in [2.24, 2.45) is 0 Å². The molecule has 1 unspecified atom stereocenters. The fraction of sp³-hybridized carbons (Fsp3) is 0.0833. The number of carbonyl (C=O) groups excluding carboxylic acids is 2. The predicted octanol–water partition coefficient (Wildman–Crippen LogP) is 4.66. The molecule has 0 bridgehead atoms. The Bertz CT molecular complexity index is 1210. The lowest BCUT2D eigenvalue weighted by Gasteiger charge is -2.22. The third kappa shape index (κ3) is 3.28. The fourth-order valence-electron chi connectivity index (χ4n) is 3.59. The van der Waals surface area contributed by atoms with Gasteiger partial charge < -0.3 is 15.3 Å². The summed E-state index contributed by atoms with van der Waals surface area (Å²) in [6, 6.07) is 14.5. The molecule has 4 rings (SSSR count). The van der Waals surface area contributed by atoms with Crippen LogP contribution in [0.2, 0.25) is 5.02 Å². The van der Waals surface area contributed by atoms with Gasteiger partial charge in [-0.25, -0.2) is 0 Å². The number of phenolic OH excluding ortho intramolecular Hbond substituents is 2. The fourth-order valence-corrected chi connectivity index (χ4v) is 3.79. The van der Waals surface area contributed by atoms with E-state index in [0.717, 1.165) is 11.6 Å². The SMILES string of the molecule is O=C1c2ccccc2C(=O)c2c(O)c(C(O)C/C=C/c3ccccc3Cl)cc(O)c21. The van der Waals surface area contributed by atoms with Crippen LogP contribution in [0.15, 0.2) is 60.7 Å². The Morgan fingerprint density at radius 3 is 2.17 bits per heavy atom. The first-order valence-electron chi connectivity index (χ1n) is 9.26. The van der Waals surface area contributed by atoms with Crippen molar-refractivity contribution < 1.29 is 24.9 Å². The van der Waals surface area contributed by atoms with Gasteiger partial charge in [-0.1, -0.05) is 66.2 Å². The van der Waals surface area contributed by atoms with Crippen LogP contribution in [0.5, 0.6) is 11.5 Å². The Balaban J connectivity index is 1.69. The van der Waals surface area contributed by atoms with Gasteiger partial charge in [-0.05, 0) is 24.1 Å². The van der Waals surface area contributed by atoms with E-state index in [0.29, 0.717) is 5.02 Å².